The van der Waals surface area contributed by atoms with Gasteiger partial charge in [0.25, 0.3) is 0 Å². The second kappa shape index (κ2) is 6.58. The maximum absolute atomic E-state index is 4.79. The molecule has 6 heteroatoms. The molecule has 4 heterocycles. The van der Waals surface area contributed by atoms with Gasteiger partial charge in [-0.3, -0.25) is 4.90 Å². The van der Waals surface area contributed by atoms with Crippen molar-refractivity contribution in [1.29, 1.82) is 0 Å². The van der Waals surface area contributed by atoms with Gasteiger partial charge < -0.3 is 4.90 Å². The van der Waals surface area contributed by atoms with E-state index >= 15 is 0 Å². The largest absolute Gasteiger partial charge is 0.341 e. The molecule has 120 valence electrons. The van der Waals surface area contributed by atoms with Gasteiger partial charge >= 0.3 is 0 Å². The van der Waals surface area contributed by atoms with Crippen molar-refractivity contribution in [2.45, 2.75) is 38.3 Å². The number of aromatic nitrogens is 4. The molecule has 23 heavy (non-hydrogen) atoms. The van der Waals surface area contributed by atoms with E-state index in [0.29, 0.717) is 6.04 Å². The molecule has 2 aromatic heterocycles. The molecule has 0 spiro atoms. The Morgan fingerprint density at radius 1 is 1.00 bits per heavy atom. The van der Waals surface area contributed by atoms with Crippen LogP contribution in [0, 0.1) is 0 Å². The summed E-state index contributed by atoms with van der Waals surface area (Å²) in [5.74, 6) is 0.887. The third-order valence-electron chi connectivity index (χ3n) is 4.76. The molecule has 0 radical (unpaired) electrons. The lowest BCUT2D eigenvalue weighted by Crippen LogP contribution is -2.25. The van der Waals surface area contributed by atoms with E-state index in [0.717, 1.165) is 49.9 Å². The Hall–Kier alpha value is -2.08. The first-order valence-corrected chi connectivity index (χ1v) is 8.47. The number of hydrogen-bond acceptors (Lipinski definition) is 6. The Kier molecular flexibility index (Phi) is 4.15. The molecule has 1 atom stereocenters. The molecule has 0 aliphatic carbocycles. The summed E-state index contributed by atoms with van der Waals surface area (Å²) in [5.41, 5.74) is 2.22. The first-order chi connectivity index (χ1) is 11.4. The zero-order valence-corrected chi connectivity index (χ0v) is 13.3. The molecule has 0 unspecified atom stereocenters. The smallest absolute Gasteiger partial charge is 0.225 e. The number of likely N-dealkylation sites (tertiary alicyclic amines) is 1. The third kappa shape index (κ3) is 3.17. The summed E-state index contributed by atoms with van der Waals surface area (Å²) in [4.78, 5) is 22.5. The average Bonchev–Trinajstić information content (AvgIpc) is 3.28. The minimum absolute atomic E-state index is 0.378. The molecule has 0 amide bonds. The van der Waals surface area contributed by atoms with Gasteiger partial charge in [-0.2, -0.15) is 0 Å². The highest BCUT2D eigenvalue weighted by molar-refractivity contribution is 5.31. The SMILES string of the molecule is c1cc([C@@H]2CCCN2Cc2ccnc(N3CCCC3)n2)ncn1. The molecule has 2 aromatic rings. The van der Waals surface area contributed by atoms with Gasteiger partial charge in [0.15, 0.2) is 0 Å². The van der Waals surface area contributed by atoms with Crippen LogP contribution in [0.1, 0.15) is 43.1 Å². The standard InChI is InChI=1S/C17H22N6/c1-2-10-22(9-1)17-19-8-5-14(21-17)12-23-11-3-4-16(23)15-6-7-18-13-20-15/h5-8,13,16H,1-4,9-12H2/t16-/m0/s1. The van der Waals surface area contributed by atoms with Crippen LogP contribution in [0.4, 0.5) is 5.95 Å². The van der Waals surface area contributed by atoms with E-state index < -0.39 is 0 Å². The summed E-state index contributed by atoms with van der Waals surface area (Å²) in [6.45, 7) is 4.11. The fraction of sp³-hybridized carbons (Fsp3) is 0.529. The van der Waals surface area contributed by atoms with Gasteiger partial charge in [-0.05, 0) is 44.4 Å². The van der Waals surface area contributed by atoms with Crippen LogP contribution in [0.15, 0.2) is 30.9 Å². The van der Waals surface area contributed by atoms with Gasteiger partial charge in [0.05, 0.1) is 17.4 Å². The summed E-state index contributed by atoms with van der Waals surface area (Å²) >= 11 is 0. The van der Waals surface area contributed by atoms with Crippen LogP contribution in [0.3, 0.4) is 0 Å². The minimum atomic E-state index is 0.378. The van der Waals surface area contributed by atoms with E-state index in [9.17, 15) is 0 Å². The van der Waals surface area contributed by atoms with Gasteiger partial charge in [0, 0.05) is 32.0 Å². The van der Waals surface area contributed by atoms with E-state index in [2.05, 4.69) is 24.8 Å². The molecular formula is C17H22N6. The maximum Gasteiger partial charge on any atom is 0.225 e. The fourth-order valence-electron chi connectivity index (χ4n) is 3.60. The van der Waals surface area contributed by atoms with Gasteiger partial charge in [0.2, 0.25) is 5.95 Å². The monoisotopic (exact) mass is 310 g/mol. The molecule has 0 saturated carbocycles. The van der Waals surface area contributed by atoms with E-state index in [1.54, 1.807) is 6.33 Å². The van der Waals surface area contributed by atoms with E-state index in [1.807, 2.05) is 24.5 Å². The molecular weight excluding hydrogens is 288 g/mol. The van der Waals surface area contributed by atoms with Crippen molar-refractivity contribution in [3.63, 3.8) is 0 Å². The average molecular weight is 310 g/mol. The van der Waals surface area contributed by atoms with Crippen molar-refractivity contribution in [3.8, 4) is 0 Å². The van der Waals surface area contributed by atoms with Crippen LogP contribution in [-0.4, -0.2) is 44.5 Å². The lowest BCUT2D eigenvalue weighted by Gasteiger charge is -2.24. The summed E-state index contributed by atoms with van der Waals surface area (Å²) < 4.78 is 0. The predicted molar refractivity (Wildman–Crippen MR) is 87.9 cm³/mol. The van der Waals surface area contributed by atoms with Crippen molar-refractivity contribution in [3.05, 3.63) is 42.2 Å². The Labute approximate surface area is 136 Å². The molecule has 4 rings (SSSR count). The van der Waals surface area contributed by atoms with E-state index in [-0.39, 0.29) is 0 Å². The summed E-state index contributed by atoms with van der Waals surface area (Å²) in [6, 6.07) is 4.44. The Morgan fingerprint density at radius 2 is 1.91 bits per heavy atom. The number of nitrogens with zero attached hydrogens (tertiary/aromatic N) is 6. The van der Waals surface area contributed by atoms with Crippen LogP contribution in [0.2, 0.25) is 0 Å². The summed E-state index contributed by atoms with van der Waals surface area (Å²) in [5, 5.41) is 0. The van der Waals surface area contributed by atoms with Crippen LogP contribution in [0.5, 0.6) is 0 Å². The van der Waals surface area contributed by atoms with Crippen LogP contribution in [-0.2, 0) is 6.54 Å². The number of hydrogen-bond donors (Lipinski definition) is 0. The Morgan fingerprint density at radius 3 is 2.74 bits per heavy atom. The van der Waals surface area contributed by atoms with E-state index in [1.165, 1.54) is 19.3 Å². The van der Waals surface area contributed by atoms with Crippen LogP contribution in [0.25, 0.3) is 0 Å². The third-order valence-corrected chi connectivity index (χ3v) is 4.76. The first kappa shape index (κ1) is 14.5. The molecule has 2 saturated heterocycles. The zero-order chi connectivity index (χ0) is 15.5. The molecule has 0 bridgehead atoms. The molecule has 0 N–H and O–H groups in total. The fourth-order valence-corrected chi connectivity index (χ4v) is 3.60. The van der Waals surface area contributed by atoms with Crippen molar-refractivity contribution < 1.29 is 0 Å². The highest BCUT2D eigenvalue weighted by Gasteiger charge is 2.27. The number of rotatable bonds is 4. The lowest BCUT2D eigenvalue weighted by atomic mass is 10.1. The molecule has 2 fully saturated rings. The highest BCUT2D eigenvalue weighted by Crippen LogP contribution is 2.31. The molecule has 0 aromatic carbocycles. The number of anilines is 1. The van der Waals surface area contributed by atoms with Crippen molar-refractivity contribution in [2.75, 3.05) is 24.5 Å². The summed E-state index contributed by atoms with van der Waals surface area (Å²) in [6.07, 6.45) is 10.2. The molecule has 2 aliphatic rings. The Bertz CT molecular complexity index is 641. The van der Waals surface area contributed by atoms with Crippen LogP contribution < -0.4 is 4.90 Å². The second-order valence-corrected chi connectivity index (χ2v) is 6.30. The van der Waals surface area contributed by atoms with E-state index in [4.69, 9.17) is 4.98 Å². The van der Waals surface area contributed by atoms with Crippen molar-refractivity contribution in [2.24, 2.45) is 0 Å². The van der Waals surface area contributed by atoms with Crippen molar-refractivity contribution in [1.82, 2.24) is 24.8 Å². The maximum atomic E-state index is 4.79. The summed E-state index contributed by atoms with van der Waals surface area (Å²) in [7, 11) is 0. The lowest BCUT2D eigenvalue weighted by molar-refractivity contribution is 0.241. The van der Waals surface area contributed by atoms with Crippen molar-refractivity contribution >= 4 is 5.95 Å². The quantitative estimate of drug-likeness (QED) is 0.863. The minimum Gasteiger partial charge on any atom is -0.341 e. The van der Waals surface area contributed by atoms with Gasteiger partial charge in [-0.1, -0.05) is 0 Å². The zero-order valence-electron chi connectivity index (χ0n) is 13.3. The first-order valence-electron chi connectivity index (χ1n) is 8.47. The topological polar surface area (TPSA) is 58.0 Å². The van der Waals surface area contributed by atoms with Gasteiger partial charge in [-0.15, -0.1) is 0 Å². The molecule has 2 aliphatic heterocycles. The van der Waals surface area contributed by atoms with Gasteiger partial charge in [-0.25, -0.2) is 19.9 Å². The highest BCUT2D eigenvalue weighted by atomic mass is 15.3. The van der Waals surface area contributed by atoms with Gasteiger partial charge in [0.1, 0.15) is 6.33 Å². The second-order valence-electron chi connectivity index (χ2n) is 6.30. The predicted octanol–water partition coefficient (Wildman–Crippen LogP) is 2.20. The normalized spacial score (nSPS) is 21.9. The Balaban J connectivity index is 1.50. The van der Waals surface area contributed by atoms with Crippen LogP contribution >= 0.6 is 0 Å². The molecule has 6 nitrogen and oxygen atoms in total.